The van der Waals surface area contributed by atoms with E-state index >= 15 is 0 Å². The van der Waals surface area contributed by atoms with Gasteiger partial charge in [0.05, 0.1) is 12.6 Å². The topological polar surface area (TPSA) is 87.5 Å². The summed E-state index contributed by atoms with van der Waals surface area (Å²) in [7, 11) is 0. The Balaban J connectivity index is 1.99. The Morgan fingerprint density at radius 1 is 1.13 bits per heavy atom. The lowest BCUT2D eigenvalue weighted by molar-refractivity contribution is -0.117. The molecule has 126 valence electrons. The van der Waals surface area contributed by atoms with Crippen molar-refractivity contribution in [2.45, 2.75) is 25.3 Å². The van der Waals surface area contributed by atoms with Gasteiger partial charge in [-0.25, -0.2) is 4.79 Å². The Morgan fingerprint density at radius 2 is 1.78 bits per heavy atom. The summed E-state index contributed by atoms with van der Waals surface area (Å²) < 4.78 is 0. The summed E-state index contributed by atoms with van der Waals surface area (Å²) in [5.41, 5.74) is 6.13. The molecular weight excluding hydrogens is 316 g/mol. The van der Waals surface area contributed by atoms with Gasteiger partial charge in [-0.15, -0.1) is 0 Å². The zero-order valence-electron chi connectivity index (χ0n) is 13.1. The Kier molecular flexibility index (Phi) is 6.67. The molecular formula is C16H23ClN4O2. The van der Waals surface area contributed by atoms with Crippen molar-refractivity contribution in [1.29, 1.82) is 0 Å². The highest BCUT2D eigenvalue weighted by Crippen LogP contribution is 2.25. The van der Waals surface area contributed by atoms with Gasteiger partial charge in [0, 0.05) is 11.6 Å². The number of hydrogen-bond acceptors (Lipinski definition) is 3. The first-order valence-corrected chi connectivity index (χ1v) is 8.23. The van der Waals surface area contributed by atoms with Gasteiger partial charge in [0.15, 0.2) is 0 Å². The second-order valence-electron chi connectivity index (χ2n) is 5.69. The Morgan fingerprint density at radius 3 is 2.39 bits per heavy atom. The van der Waals surface area contributed by atoms with Gasteiger partial charge in [-0.2, -0.15) is 0 Å². The first-order valence-electron chi connectivity index (χ1n) is 7.86. The fraction of sp³-hybridized carbons (Fsp3) is 0.500. The number of halogens is 1. The number of primary amides is 1. The second-order valence-corrected chi connectivity index (χ2v) is 6.13. The van der Waals surface area contributed by atoms with Crippen molar-refractivity contribution in [2.24, 2.45) is 5.73 Å². The van der Waals surface area contributed by atoms with Gasteiger partial charge in [-0.3, -0.25) is 9.69 Å². The number of benzene rings is 1. The molecule has 0 radical (unpaired) electrons. The highest BCUT2D eigenvalue weighted by atomic mass is 35.5. The van der Waals surface area contributed by atoms with Crippen LogP contribution in [0.5, 0.6) is 0 Å². The molecule has 2 rings (SSSR count). The highest BCUT2D eigenvalue weighted by Gasteiger charge is 2.22. The van der Waals surface area contributed by atoms with Crippen molar-refractivity contribution in [3.8, 4) is 0 Å². The van der Waals surface area contributed by atoms with Crippen LogP contribution in [0.3, 0.4) is 0 Å². The number of nitrogens with zero attached hydrogens (tertiary/aromatic N) is 1. The molecule has 1 aromatic carbocycles. The smallest absolute Gasteiger partial charge is 0.315 e. The van der Waals surface area contributed by atoms with Gasteiger partial charge in [0.2, 0.25) is 5.91 Å². The van der Waals surface area contributed by atoms with Crippen LogP contribution in [-0.4, -0.2) is 43.0 Å². The second kappa shape index (κ2) is 8.74. The van der Waals surface area contributed by atoms with E-state index in [1.807, 2.05) is 24.3 Å². The molecule has 0 bridgehead atoms. The summed E-state index contributed by atoms with van der Waals surface area (Å²) in [5, 5.41) is 5.95. The largest absolute Gasteiger partial charge is 0.368 e. The Bertz CT molecular complexity index is 529. The molecule has 7 heteroatoms. The van der Waals surface area contributed by atoms with Gasteiger partial charge in [0.25, 0.3) is 0 Å². The predicted octanol–water partition coefficient (Wildman–Crippen LogP) is 1.65. The first kappa shape index (κ1) is 17.6. The molecule has 1 aliphatic rings. The van der Waals surface area contributed by atoms with Crippen molar-refractivity contribution in [1.82, 2.24) is 15.5 Å². The molecule has 1 heterocycles. The molecule has 3 amide bonds. The van der Waals surface area contributed by atoms with Crippen LogP contribution < -0.4 is 16.4 Å². The maximum atomic E-state index is 11.8. The normalized spacial score (nSPS) is 16.6. The number of rotatable bonds is 6. The third-order valence-electron chi connectivity index (χ3n) is 3.97. The van der Waals surface area contributed by atoms with Crippen molar-refractivity contribution >= 4 is 23.5 Å². The van der Waals surface area contributed by atoms with Crippen LogP contribution in [0.25, 0.3) is 0 Å². The summed E-state index contributed by atoms with van der Waals surface area (Å²) in [6.45, 7) is 2.32. The molecule has 0 spiro atoms. The van der Waals surface area contributed by atoms with E-state index in [-0.39, 0.29) is 18.6 Å². The maximum Gasteiger partial charge on any atom is 0.315 e. The molecule has 4 N–H and O–H groups in total. The first-order chi connectivity index (χ1) is 11.1. The third-order valence-corrected chi connectivity index (χ3v) is 4.22. The zero-order valence-corrected chi connectivity index (χ0v) is 13.8. The van der Waals surface area contributed by atoms with E-state index in [0.29, 0.717) is 11.6 Å². The highest BCUT2D eigenvalue weighted by molar-refractivity contribution is 6.30. The van der Waals surface area contributed by atoms with E-state index in [0.717, 1.165) is 31.5 Å². The molecule has 0 saturated carbocycles. The van der Waals surface area contributed by atoms with Crippen molar-refractivity contribution < 1.29 is 9.59 Å². The predicted molar refractivity (Wildman–Crippen MR) is 90.2 cm³/mol. The summed E-state index contributed by atoms with van der Waals surface area (Å²) in [4.78, 5) is 24.8. The van der Waals surface area contributed by atoms with Gasteiger partial charge in [0.1, 0.15) is 0 Å². The number of carbonyl (C=O) groups is 2. The van der Waals surface area contributed by atoms with Crippen molar-refractivity contribution in [2.75, 3.05) is 26.2 Å². The molecule has 1 atom stereocenters. The summed E-state index contributed by atoms with van der Waals surface area (Å²) >= 11 is 5.96. The van der Waals surface area contributed by atoms with Crippen molar-refractivity contribution in [3.05, 3.63) is 34.9 Å². The molecule has 0 unspecified atom stereocenters. The fourth-order valence-corrected chi connectivity index (χ4v) is 2.92. The average molecular weight is 339 g/mol. The number of nitrogens with one attached hydrogen (secondary N) is 2. The molecule has 1 saturated heterocycles. The number of urea groups is 1. The van der Waals surface area contributed by atoms with Gasteiger partial charge < -0.3 is 16.4 Å². The standard InChI is InChI=1S/C16H23ClN4O2/c17-13-6-4-12(5-7-13)14(21-8-2-1-3-9-21)10-19-16(23)20-11-15(18)22/h4-7,14H,1-3,8-11H2,(H2,18,22)(H2,19,20,23)/t14-/m1/s1. The lowest BCUT2D eigenvalue weighted by Gasteiger charge is -2.35. The molecule has 1 fully saturated rings. The molecule has 23 heavy (non-hydrogen) atoms. The summed E-state index contributed by atoms with van der Waals surface area (Å²) in [5.74, 6) is -0.564. The van der Waals surface area contributed by atoms with E-state index in [2.05, 4.69) is 15.5 Å². The van der Waals surface area contributed by atoms with Crippen LogP contribution >= 0.6 is 11.6 Å². The lowest BCUT2D eigenvalue weighted by atomic mass is 10.0. The van der Waals surface area contributed by atoms with Gasteiger partial charge in [-0.05, 0) is 43.6 Å². The number of carbonyl (C=O) groups excluding carboxylic acids is 2. The van der Waals surface area contributed by atoms with Crippen LogP contribution in [0.15, 0.2) is 24.3 Å². The number of likely N-dealkylation sites (tertiary alicyclic amines) is 1. The molecule has 1 aliphatic heterocycles. The lowest BCUT2D eigenvalue weighted by Crippen LogP contribution is -2.45. The average Bonchev–Trinajstić information content (AvgIpc) is 2.55. The number of hydrogen-bond donors (Lipinski definition) is 3. The number of nitrogens with two attached hydrogens (primary N) is 1. The van der Waals surface area contributed by atoms with Crippen LogP contribution in [0.1, 0.15) is 30.9 Å². The van der Waals surface area contributed by atoms with Crippen LogP contribution in [0.4, 0.5) is 4.79 Å². The SMILES string of the molecule is NC(=O)CNC(=O)NC[C@H](c1ccc(Cl)cc1)N1CCCCC1. The molecule has 0 aliphatic carbocycles. The third kappa shape index (κ3) is 5.73. The minimum absolute atomic E-state index is 0.0897. The Labute approximate surface area is 141 Å². The van der Waals surface area contributed by atoms with E-state index in [1.165, 1.54) is 6.42 Å². The molecule has 1 aromatic rings. The van der Waals surface area contributed by atoms with E-state index in [9.17, 15) is 9.59 Å². The molecule has 0 aromatic heterocycles. The van der Waals surface area contributed by atoms with Crippen LogP contribution in [-0.2, 0) is 4.79 Å². The number of amides is 3. The fourth-order valence-electron chi connectivity index (χ4n) is 2.79. The van der Waals surface area contributed by atoms with E-state index < -0.39 is 5.91 Å². The van der Waals surface area contributed by atoms with E-state index in [4.69, 9.17) is 17.3 Å². The maximum absolute atomic E-state index is 11.8. The summed E-state index contributed by atoms with van der Waals surface area (Å²) in [6, 6.07) is 7.41. The van der Waals surface area contributed by atoms with E-state index in [1.54, 1.807) is 0 Å². The molecule has 6 nitrogen and oxygen atoms in total. The number of piperidine rings is 1. The van der Waals surface area contributed by atoms with Gasteiger partial charge >= 0.3 is 6.03 Å². The quantitative estimate of drug-likeness (QED) is 0.737. The minimum atomic E-state index is -0.564. The Hall–Kier alpha value is -1.79. The van der Waals surface area contributed by atoms with Crippen LogP contribution in [0, 0.1) is 0 Å². The zero-order chi connectivity index (χ0) is 16.7. The summed E-state index contributed by atoms with van der Waals surface area (Å²) in [6.07, 6.45) is 3.58. The van der Waals surface area contributed by atoms with Gasteiger partial charge in [-0.1, -0.05) is 30.2 Å². The minimum Gasteiger partial charge on any atom is -0.368 e. The van der Waals surface area contributed by atoms with Crippen LogP contribution in [0.2, 0.25) is 5.02 Å². The monoisotopic (exact) mass is 338 g/mol. The van der Waals surface area contributed by atoms with Crippen molar-refractivity contribution in [3.63, 3.8) is 0 Å².